The summed E-state index contributed by atoms with van der Waals surface area (Å²) in [7, 11) is 1.29. The Bertz CT molecular complexity index is 403. The molecule has 0 saturated heterocycles. The smallest absolute Gasteiger partial charge is 0.311 e. The number of ether oxygens (including phenoxy) is 2. The van der Waals surface area contributed by atoms with Gasteiger partial charge >= 0.3 is 11.9 Å². The molecule has 0 unspecified atom stereocenters. The van der Waals surface area contributed by atoms with Crippen LogP contribution in [0.4, 0.5) is 0 Å². The van der Waals surface area contributed by atoms with Gasteiger partial charge in [-0.15, -0.1) is 0 Å². The molecule has 0 atom stereocenters. The van der Waals surface area contributed by atoms with Crippen molar-refractivity contribution in [1.29, 1.82) is 0 Å². The minimum absolute atomic E-state index is 0.0282. The van der Waals surface area contributed by atoms with Crippen LogP contribution in [-0.2, 0) is 14.3 Å². The van der Waals surface area contributed by atoms with Crippen molar-refractivity contribution in [2.24, 2.45) is 0 Å². The Morgan fingerprint density at radius 1 is 1.06 bits per heavy atom. The highest BCUT2D eigenvalue weighted by Gasteiger charge is 2.11. The Balaban J connectivity index is 2.59. The Morgan fingerprint density at radius 2 is 1.59 bits per heavy atom. The molecule has 0 radical (unpaired) electrons. The van der Waals surface area contributed by atoms with E-state index >= 15 is 0 Å². The second-order valence-electron chi connectivity index (χ2n) is 3.77. The third-order valence-electron chi connectivity index (χ3n) is 2.39. The average molecular weight is 236 g/mol. The third-order valence-corrected chi connectivity index (χ3v) is 2.39. The van der Waals surface area contributed by atoms with Crippen LogP contribution in [0.15, 0.2) is 18.2 Å². The van der Waals surface area contributed by atoms with E-state index in [0.29, 0.717) is 5.75 Å². The summed E-state index contributed by atoms with van der Waals surface area (Å²) in [6.07, 6.45) is 0.0701. The highest BCUT2D eigenvalue weighted by atomic mass is 16.5. The van der Waals surface area contributed by atoms with E-state index in [4.69, 9.17) is 4.74 Å². The van der Waals surface area contributed by atoms with Gasteiger partial charge in [-0.05, 0) is 25.0 Å². The lowest BCUT2D eigenvalue weighted by Crippen LogP contribution is -2.12. The molecule has 0 aliphatic rings. The number of esters is 2. The first-order chi connectivity index (χ1) is 8.04. The minimum Gasteiger partial charge on any atom is -0.469 e. The molecule has 0 spiro atoms. The van der Waals surface area contributed by atoms with Gasteiger partial charge in [0.1, 0.15) is 5.75 Å². The molecule has 1 aromatic rings. The van der Waals surface area contributed by atoms with E-state index in [1.165, 1.54) is 7.11 Å². The van der Waals surface area contributed by atoms with Crippen LogP contribution >= 0.6 is 0 Å². The average Bonchev–Trinajstić information content (AvgIpc) is 2.31. The summed E-state index contributed by atoms with van der Waals surface area (Å²) in [4.78, 5) is 22.4. The highest BCUT2D eigenvalue weighted by Crippen LogP contribution is 2.22. The van der Waals surface area contributed by atoms with E-state index in [1.54, 1.807) is 0 Å². The molecule has 0 aliphatic carbocycles. The van der Waals surface area contributed by atoms with Crippen LogP contribution in [0.3, 0.4) is 0 Å². The lowest BCUT2D eigenvalue weighted by molar-refractivity contribution is -0.144. The van der Waals surface area contributed by atoms with Crippen molar-refractivity contribution in [2.45, 2.75) is 26.7 Å². The number of benzene rings is 1. The second kappa shape index (κ2) is 6.03. The fourth-order valence-corrected chi connectivity index (χ4v) is 1.43. The number of hydrogen-bond acceptors (Lipinski definition) is 4. The van der Waals surface area contributed by atoms with Crippen molar-refractivity contribution in [1.82, 2.24) is 0 Å². The summed E-state index contributed by atoms with van der Waals surface area (Å²) in [5.41, 5.74) is 1.80. The van der Waals surface area contributed by atoms with Gasteiger partial charge in [-0.1, -0.05) is 18.2 Å². The standard InChI is InChI=1S/C13H16O4/c1-9-5-4-6-10(2)13(9)17-12(15)8-7-11(14)16-3/h4-6H,7-8H2,1-3H3. The molecule has 0 fully saturated rings. The van der Waals surface area contributed by atoms with Gasteiger partial charge in [-0.3, -0.25) is 9.59 Å². The van der Waals surface area contributed by atoms with Crippen molar-refractivity contribution in [3.05, 3.63) is 29.3 Å². The van der Waals surface area contributed by atoms with E-state index in [0.717, 1.165) is 11.1 Å². The summed E-state index contributed by atoms with van der Waals surface area (Å²) in [5.74, 6) is -0.265. The Hall–Kier alpha value is -1.84. The van der Waals surface area contributed by atoms with Gasteiger partial charge in [0.25, 0.3) is 0 Å². The lowest BCUT2D eigenvalue weighted by atomic mass is 10.1. The van der Waals surface area contributed by atoms with E-state index in [2.05, 4.69) is 4.74 Å². The molecule has 0 bridgehead atoms. The number of hydrogen-bond donors (Lipinski definition) is 0. The van der Waals surface area contributed by atoms with Crippen molar-refractivity contribution in [3.63, 3.8) is 0 Å². The van der Waals surface area contributed by atoms with Crippen molar-refractivity contribution in [3.8, 4) is 5.75 Å². The summed E-state index contributed by atoms with van der Waals surface area (Å²) < 4.78 is 9.68. The molecule has 0 aromatic heterocycles. The van der Waals surface area contributed by atoms with Crippen molar-refractivity contribution < 1.29 is 19.1 Å². The predicted molar refractivity (Wildman–Crippen MR) is 62.8 cm³/mol. The zero-order valence-corrected chi connectivity index (χ0v) is 10.3. The SMILES string of the molecule is COC(=O)CCC(=O)Oc1c(C)cccc1C. The molecular weight excluding hydrogens is 220 g/mol. The van der Waals surface area contributed by atoms with Crippen LogP contribution in [0.25, 0.3) is 0 Å². The number of methoxy groups -OCH3 is 1. The lowest BCUT2D eigenvalue weighted by Gasteiger charge is -2.09. The minimum atomic E-state index is -0.423. The number of carbonyl (C=O) groups excluding carboxylic acids is 2. The van der Waals surface area contributed by atoms with Crippen LogP contribution in [0.5, 0.6) is 5.75 Å². The quantitative estimate of drug-likeness (QED) is 0.593. The topological polar surface area (TPSA) is 52.6 Å². The van der Waals surface area contributed by atoms with Gasteiger partial charge in [-0.2, -0.15) is 0 Å². The normalized spacial score (nSPS) is 9.82. The maximum absolute atomic E-state index is 11.5. The van der Waals surface area contributed by atoms with Crippen LogP contribution in [0, 0.1) is 13.8 Å². The third kappa shape index (κ3) is 3.90. The number of rotatable bonds is 4. The van der Waals surface area contributed by atoms with Gasteiger partial charge in [0.15, 0.2) is 0 Å². The van der Waals surface area contributed by atoms with Crippen LogP contribution in [-0.4, -0.2) is 19.0 Å². The first kappa shape index (κ1) is 13.2. The molecule has 0 saturated carbocycles. The molecule has 4 nitrogen and oxygen atoms in total. The van der Waals surface area contributed by atoms with E-state index < -0.39 is 11.9 Å². The maximum Gasteiger partial charge on any atom is 0.311 e. The summed E-state index contributed by atoms with van der Waals surface area (Å²) in [6.45, 7) is 3.74. The largest absolute Gasteiger partial charge is 0.469 e. The van der Waals surface area contributed by atoms with Gasteiger partial charge in [0.05, 0.1) is 20.0 Å². The van der Waals surface area contributed by atoms with E-state index in [9.17, 15) is 9.59 Å². The summed E-state index contributed by atoms with van der Waals surface area (Å²) in [6, 6.07) is 5.64. The van der Waals surface area contributed by atoms with Gasteiger partial charge in [-0.25, -0.2) is 0 Å². The monoisotopic (exact) mass is 236 g/mol. The first-order valence-electron chi connectivity index (χ1n) is 5.38. The molecule has 0 aliphatic heterocycles. The maximum atomic E-state index is 11.5. The zero-order valence-electron chi connectivity index (χ0n) is 10.3. The molecule has 4 heteroatoms. The van der Waals surface area contributed by atoms with Gasteiger partial charge < -0.3 is 9.47 Å². The molecule has 0 heterocycles. The van der Waals surface area contributed by atoms with E-state index in [-0.39, 0.29) is 12.8 Å². The highest BCUT2D eigenvalue weighted by molar-refractivity contribution is 5.79. The molecule has 92 valence electrons. The van der Waals surface area contributed by atoms with Crippen molar-refractivity contribution >= 4 is 11.9 Å². The summed E-state index contributed by atoms with van der Waals surface area (Å²) in [5, 5.41) is 0. The first-order valence-corrected chi connectivity index (χ1v) is 5.38. The van der Waals surface area contributed by atoms with Crippen LogP contribution in [0.2, 0.25) is 0 Å². The molecule has 0 amide bonds. The Kier molecular flexibility index (Phi) is 4.69. The van der Waals surface area contributed by atoms with Crippen LogP contribution in [0.1, 0.15) is 24.0 Å². The molecule has 17 heavy (non-hydrogen) atoms. The Morgan fingerprint density at radius 3 is 2.12 bits per heavy atom. The second-order valence-corrected chi connectivity index (χ2v) is 3.77. The van der Waals surface area contributed by atoms with Crippen LogP contribution < -0.4 is 4.74 Å². The molecule has 1 aromatic carbocycles. The van der Waals surface area contributed by atoms with Gasteiger partial charge in [0, 0.05) is 0 Å². The fraction of sp³-hybridized carbons (Fsp3) is 0.385. The molecule has 0 N–H and O–H groups in total. The number of carbonyl (C=O) groups is 2. The summed E-state index contributed by atoms with van der Waals surface area (Å²) >= 11 is 0. The zero-order chi connectivity index (χ0) is 12.8. The number of aryl methyl sites for hydroxylation is 2. The van der Waals surface area contributed by atoms with E-state index in [1.807, 2.05) is 32.0 Å². The number of para-hydroxylation sites is 1. The molecule has 1 rings (SSSR count). The van der Waals surface area contributed by atoms with Gasteiger partial charge in [0.2, 0.25) is 0 Å². The van der Waals surface area contributed by atoms with Crippen molar-refractivity contribution in [2.75, 3.05) is 7.11 Å². The molecular formula is C13H16O4. The fourth-order valence-electron chi connectivity index (χ4n) is 1.43. The predicted octanol–water partition coefficient (Wildman–Crippen LogP) is 2.16. The Labute approximate surface area is 101 Å².